The molecule has 2 heterocycles. The molecule has 0 aliphatic carbocycles. The first-order valence-corrected chi connectivity index (χ1v) is 7.40. The predicted molar refractivity (Wildman–Crippen MR) is 75.0 cm³/mol. The Balaban J connectivity index is 1.87. The second-order valence-electron chi connectivity index (χ2n) is 5.60. The first-order chi connectivity index (χ1) is 11.3. The van der Waals surface area contributed by atoms with E-state index < -0.39 is 29.8 Å². The monoisotopic (exact) mass is 346 g/mol. The average Bonchev–Trinajstić information content (AvgIpc) is 3.01. The third-order valence-electron chi connectivity index (χ3n) is 4.09. The number of carbonyl (C=O) groups is 2. The van der Waals surface area contributed by atoms with Gasteiger partial charge in [-0.15, -0.1) is 0 Å². The third-order valence-corrected chi connectivity index (χ3v) is 4.09. The van der Waals surface area contributed by atoms with Crippen LogP contribution in [0, 0.1) is 5.82 Å². The van der Waals surface area contributed by atoms with Crippen molar-refractivity contribution >= 4 is 17.5 Å². The van der Waals surface area contributed by atoms with Crippen LogP contribution >= 0.6 is 0 Å². The van der Waals surface area contributed by atoms with Crippen molar-refractivity contribution in [2.45, 2.75) is 25.1 Å². The van der Waals surface area contributed by atoms with Crippen molar-refractivity contribution in [3.8, 4) is 5.75 Å². The number of amides is 2. The number of anilines is 1. The van der Waals surface area contributed by atoms with Crippen LogP contribution in [0.4, 0.5) is 23.2 Å². The maximum absolute atomic E-state index is 13.5. The molecule has 2 aliphatic heterocycles. The number of likely N-dealkylation sites (tertiary alicyclic amines) is 1. The Morgan fingerprint density at radius 3 is 2.67 bits per heavy atom. The van der Waals surface area contributed by atoms with Crippen molar-refractivity contribution < 1.29 is 31.9 Å². The average molecular weight is 346 g/mol. The first-order valence-electron chi connectivity index (χ1n) is 7.40. The van der Waals surface area contributed by atoms with E-state index in [0.717, 1.165) is 6.07 Å². The summed E-state index contributed by atoms with van der Waals surface area (Å²) in [6.07, 6.45) is -4.58. The van der Waals surface area contributed by atoms with E-state index in [1.54, 1.807) is 0 Å². The lowest BCUT2D eigenvalue weighted by Gasteiger charge is -2.34. The molecule has 0 bridgehead atoms. The van der Waals surface area contributed by atoms with Gasteiger partial charge in [0.05, 0.1) is 12.2 Å². The fraction of sp³-hybridized carbons (Fsp3) is 0.467. The number of hydrogen-bond acceptors (Lipinski definition) is 3. The summed E-state index contributed by atoms with van der Waals surface area (Å²) in [5, 5.41) is 0. The van der Waals surface area contributed by atoms with Gasteiger partial charge >= 0.3 is 12.1 Å². The molecule has 2 aliphatic rings. The predicted octanol–water partition coefficient (Wildman–Crippen LogP) is 2.10. The van der Waals surface area contributed by atoms with Gasteiger partial charge in [-0.2, -0.15) is 13.2 Å². The van der Waals surface area contributed by atoms with E-state index in [1.807, 2.05) is 0 Å². The Bertz CT molecular complexity index is 677. The summed E-state index contributed by atoms with van der Waals surface area (Å²) in [7, 11) is 0. The second kappa shape index (κ2) is 5.95. The molecule has 0 N–H and O–H groups in total. The van der Waals surface area contributed by atoms with E-state index in [9.17, 15) is 27.2 Å². The van der Waals surface area contributed by atoms with E-state index in [-0.39, 0.29) is 37.6 Å². The van der Waals surface area contributed by atoms with Crippen LogP contribution < -0.4 is 9.64 Å². The molecule has 1 atom stereocenters. The molecule has 1 aromatic carbocycles. The zero-order valence-electron chi connectivity index (χ0n) is 12.5. The Morgan fingerprint density at radius 2 is 1.96 bits per heavy atom. The summed E-state index contributed by atoms with van der Waals surface area (Å²) in [5.74, 6) is -2.99. The van der Waals surface area contributed by atoms with Crippen LogP contribution in [0.5, 0.6) is 5.75 Å². The number of fused-ring (bicyclic) bond motifs is 1. The maximum atomic E-state index is 13.5. The molecule has 1 saturated heterocycles. The molecule has 2 amide bonds. The number of halogens is 4. The Labute approximate surface area is 134 Å². The molecule has 3 rings (SSSR count). The van der Waals surface area contributed by atoms with Crippen LogP contribution in [0.25, 0.3) is 0 Å². The third kappa shape index (κ3) is 2.90. The molecule has 0 saturated carbocycles. The molecule has 5 nitrogen and oxygen atoms in total. The Hall–Kier alpha value is -2.32. The Morgan fingerprint density at radius 1 is 1.21 bits per heavy atom. The van der Waals surface area contributed by atoms with Crippen molar-refractivity contribution in [3.05, 3.63) is 24.0 Å². The molecular formula is C15H14F4N2O3. The van der Waals surface area contributed by atoms with Gasteiger partial charge < -0.3 is 14.5 Å². The summed E-state index contributed by atoms with van der Waals surface area (Å²) >= 11 is 0. The number of ether oxygens (including phenoxy) is 1. The highest BCUT2D eigenvalue weighted by Gasteiger charge is 2.48. The number of carbonyl (C=O) groups excluding carboxylic acids is 2. The SMILES string of the molecule is O=C(C1CCCN1C(=O)C(F)(F)F)N1CCOc2ccc(F)cc21. The molecule has 0 radical (unpaired) electrons. The number of benzene rings is 1. The second-order valence-corrected chi connectivity index (χ2v) is 5.60. The molecule has 1 aromatic rings. The molecule has 9 heteroatoms. The van der Waals surface area contributed by atoms with Crippen molar-refractivity contribution in [1.82, 2.24) is 4.90 Å². The lowest BCUT2D eigenvalue weighted by molar-refractivity contribution is -0.186. The van der Waals surface area contributed by atoms with Gasteiger partial charge in [0.25, 0.3) is 0 Å². The van der Waals surface area contributed by atoms with Gasteiger partial charge in [0.15, 0.2) is 0 Å². The zero-order chi connectivity index (χ0) is 17.5. The molecule has 1 fully saturated rings. The summed E-state index contributed by atoms with van der Waals surface area (Å²) in [6, 6.07) is 2.42. The molecular weight excluding hydrogens is 332 g/mol. The fourth-order valence-electron chi connectivity index (χ4n) is 3.03. The number of hydrogen-bond donors (Lipinski definition) is 0. The number of alkyl halides is 3. The van der Waals surface area contributed by atoms with Crippen molar-refractivity contribution in [3.63, 3.8) is 0 Å². The molecule has 1 unspecified atom stereocenters. The number of nitrogens with zero attached hydrogens (tertiary/aromatic N) is 2. The van der Waals surface area contributed by atoms with E-state index in [0.29, 0.717) is 11.3 Å². The quantitative estimate of drug-likeness (QED) is 0.732. The van der Waals surface area contributed by atoms with Crippen LogP contribution in [0.15, 0.2) is 18.2 Å². The maximum Gasteiger partial charge on any atom is 0.471 e. The fourth-order valence-corrected chi connectivity index (χ4v) is 3.03. The van der Waals surface area contributed by atoms with E-state index in [2.05, 4.69) is 0 Å². The lowest BCUT2D eigenvalue weighted by Crippen LogP contribution is -2.52. The minimum Gasteiger partial charge on any atom is -0.490 e. The summed E-state index contributed by atoms with van der Waals surface area (Å²) in [4.78, 5) is 26.0. The standard InChI is InChI=1S/C15H14F4N2O3/c16-9-3-4-12-11(8-9)20(6-7-24-12)13(22)10-2-1-5-21(10)14(23)15(17,18)19/h3-4,8,10H,1-2,5-7H2. The van der Waals surface area contributed by atoms with E-state index >= 15 is 0 Å². The highest BCUT2D eigenvalue weighted by atomic mass is 19.4. The highest BCUT2D eigenvalue weighted by Crippen LogP contribution is 2.34. The van der Waals surface area contributed by atoms with Gasteiger partial charge in [-0.1, -0.05) is 0 Å². The molecule has 24 heavy (non-hydrogen) atoms. The van der Waals surface area contributed by atoms with Crippen molar-refractivity contribution in [2.75, 3.05) is 24.6 Å². The van der Waals surface area contributed by atoms with Crippen LogP contribution in [0.2, 0.25) is 0 Å². The first kappa shape index (κ1) is 16.5. The molecule has 130 valence electrons. The molecule has 0 spiro atoms. The van der Waals surface area contributed by atoms with Crippen LogP contribution in [0.3, 0.4) is 0 Å². The van der Waals surface area contributed by atoms with Crippen LogP contribution in [-0.2, 0) is 9.59 Å². The van der Waals surface area contributed by atoms with E-state index in [4.69, 9.17) is 4.74 Å². The zero-order valence-corrected chi connectivity index (χ0v) is 12.5. The smallest absolute Gasteiger partial charge is 0.471 e. The largest absolute Gasteiger partial charge is 0.490 e. The van der Waals surface area contributed by atoms with Gasteiger partial charge in [0.2, 0.25) is 5.91 Å². The topological polar surface area (TPSA) is 49.9 Å². The van der Waals surface area contributed by atoms with Gasteiger partial charge in [0.1, 0.15) is 24.2 Å². The van der Waals surface area contributed by atoms with Gasteiger partial charge in [0, 0.05) is 12.6 Å². The minimum atomic E-state index is -5.03. The molecule has 0 aromatic heterocycles. The minimum absolute atomic E-state index is 0.0832. The summed E-state index contributed by atoms with van der Waals surface area (Å²) < 4.78 is 56.9. The van der Waals surface area contributed by atoms with E-state index in [1.165, 1.54) is 17.0 Å². The number of rotatable bonds is 1. The van der Waals surface area contributed by atoms with Crippen LogP contribution in [-0.4, -0.2) is 48.6 Å². The summed E-state index contributed by atoms with van der Waals surface area (Å²) in [5.41, 5.74) is 0.164. The normalized spacial score (nSPS) is 20.6. The highest BCUT2D eigenvalue weighted by molar-refractivity contribution is 6.01. The Kier molecular flexibility index (Phi) is 4.10. The lowest BCUT2D eigenvalue weighted by atomic mass is 10.1. The van der Waals surface area contributed by atoms with Crippen molar-refractivity contribution in [2.24, 2.45) is 0 Å². The summed E-state index contributed by atoms with van der Waals surface area (Å²) in [6.45, 7) is 0.0965. The van der Waals surface area contributed by atoms with Gasteiger partial charge in [-0.05, 0) is 25.0 Å². The van der Waals surface area contributed by atoms with Gasteiger partial charge in [-0.25, -0.2) is 4.39 Å². The van der Waals surface area contributed by atoms with Crippen LogP contribution in [0.1, 0.15) is 12.8 Å². The van der Waals surface area contributed by atoms with Gasteiger partial charge in [-0.3, -0.25) is 9.59 Å². The van der Waals surface area contributed by atoms with Crippen molar-refractivity contribution in [1.29, 1.82) is 0 Å².